The number of hydrogen-bond donors (Lipinski definition) is 3. The summed E-state index contributed by atoms with van der Waals surface area (Å²) in [4.78, 5) is 11.2. The lowest BCUT2D eigenvalue weighted by atomic mass is 9.93. The van der Waals surface area contributed by atoms with E-state index in [2.05, 4.69) is 5.32 Å². The summed E-state index contributed by atoms with van der Waals surface area (Å²) < 4.78 is 0. The Morgan fingerprint density at radius 3 is 2.80 bits per heavy atom. The van der Waals surface area contributed by atoms with Gasteiger partial charge in [0.2, 0.25) is 0 Å². The minimum Gasteiger partial charge on any atom is -0.310 e. The first-order chi connectivity index (χ1) is 7.22. The molecule has 0 aliphatic carbocycles. The van der Waals surface area contributed by atoms with Crippen LogP contribution in [0.4, 0.5) is 0 Å². The van der Waals surface area contributed by atoms with Crippen LogP contribution in [-0.4, -0.2) is 17.7 Å². The van der Waals surface area contributed by atoms with E-state index in [0.29, 0.717) is 11.6 Å². The van der Waals surface area contributed by atoms with E-state index in [4.69, 9.17) is 5.21 Å². The molecular formula is C11H14N2O2. The molecule has 1 fully saturated rings. The molecule has 4 nitrogen and oxygen atoms in total. The molecule has 0 radical (unpaired) electrons. The van der Waals surface area contributed by atoms with E-state index in [1.807, 2.05) is 13.0 Å². The highest BCUT2D eigenvalue weighted by Gasteiger charge is 2.20. The highest BCUT2D eigenvalue weighted by Crippen LogP contribution is 2.26. The number of nitrogens with one attached hydrogen (secondary N) is 2. The van der Waals surface area contributed by atoms with Crippen LogP contribution in [0.1, 0.15) is 33.9 Å². The lowest BCUT2D eigenvalue weighted by Crippen LogP contribution is -2.35. The molecule has 80 valence electrons. The van der Waals surface area contributed by atoms with Gasteiger partial charge in [0.15, 0.2) is 0 Å². The van der Waals surface area contributed by atoms with Gasteiger partial charge in [-0.25, -0.2) is 5.48 Å². The smallest absolute Gasteiger partial charge is 0.274 e. The predicted molar refractivity (Wildman–Crippen MR) is 55.8 cm³/mol. The predicted octanol–water partition coefficient (Wildman–Crippen LogP) is 1.15. The maximum absolute atomic E-state index is 11.2. The number of aryl methyl sites for hydroxylation is 1. The van der Waals surface area contributed by atoms with Crippen LogP contribution in [0.15, 0.2) is 18.2 Å². The van der Waals surface area contributed by atoms with Gasteiger partial charge in [-0.2, -0.15) is 0 Å². The van der Waals surface area contributed by atoms with E-state index in [1.54, 1.807) is 17.6 Å². The van der Waals surface area contributed by atoms with Crippen LogP contribution in [0.5, 0.6) is 0 Å². The summed E-state index contributed by atoms with van der Waals surface area (Å²) in [6, 6.07) is 5.89. The van der Waals surface area contributed by atoms with Crippen LogP contribution in [0.25, 0.3) is 0 Å². The lowest BCUT2D eigenvalue weighted by molar-refractivity contribution is 0.0706. The van der Waals surface area contributed by atoms with Crippen molar-refractivity contribution in [3.8, 4) is 0 Å². The summed E-state index contributed by atoms with van der Waals surface area (Å²) in [5.41, 5.74) is 4.42. The normalized spacial score (nSPS) is 19.5. The Balaban J connectivity index is 2.25. The second-order valence-corrected chi connectivity index (χ2v) is 3.81. The lowest BCUT2D eigenvalue weighted by Gasteiger charge is -2.29. The highest BCUT2D eigenvalue weighted by atomic mass is 16.5. The van der Waals surface area contributed by atoms with Gasteiger partial charge in [-0.1, -0.05) is 6.07 Å². The second-order valence-electron chi connectivity index (χ2n) is 3.81. The first-order valence-electron chi connectivity index (χ1n) is 5.00. The summed E-state index contributed by atoms with van der Waals surface area (Å²) in [6.45, 7) is 3.03. The molecule has 0 saturated carbocycles. The Morgan fingerprint density at radius 1 is 1.60 bits per heavy atom. The van der Waals surface area contributed by atoms with Gasteiger partial charge in [0.25, 0.3) is 5.91 Å². The molecule has 1 heterocycles. The molecule has 1 aliphatic rings. The molecule has 1 amide bonds. The quantitative estimate of drug-likeness (QED) is 0.502. The van der Waals surface area contributed by atoms with Gasteiger partial charge in [-0.3, -0.25) is 10.0 Å². The van der Waals surface area contributed by atoms with Crippen LogP contribution in [0, 0.1) is 6.92 Å². The van der Waals surface area contributed by atoms with E-state index in [0.717, 1.165) is 18.5 Å². The molecule has 3 N–H and O–H groups in total. The molecule has 0 spiro atoms. The largest absolute Gasteiger partial charge is 0.310 e. The third kappa shape index (κ3) is 1.86. The van der Waals surface area contributed by atoms with Gasteiger partial charge in [0, 0.05) is 11.6 Å². The number of carbonyl (C=O) groups excluding carboxylic acids is 1. The Bertz CT molecular complexity index is 386. The van der Waals surface area contributed by atoms with Gasteiger partial charge in [-0.15, -0.1) is 0 Å². The molecule has 1 saturated heterocycles. The fraction of sp³-hybridized carbons (Fsp3) is 0.364. The number of carbonyl (C=O) groups is 1. The van der Waals surface area contributed by atoms with Crippen molar-refractivity contribution in [2.75, 3.05) is 6.54 Å². The molecule has 1 unspecified atom stereocenters. The van der Waals surface area contributed by atoms with Crippen molar-refractivity contribution in [2.24, 2.45) is 0 Å². The zero-order valence-electron chi connectivity index (χ0n) is 8.58. The molecular weight excluding hydrogens is 192 g/mol. The van der Waals surface area contributed by atoms with Crippen molar-refractivity contribution in [2.45, 2.75) is 19.4 Å². The molecule has 1 aliphatic heterocycles. The van der Waals surface area contributed by atoms with Gasteiger partial charge >= 0.3 is 0 Å². The molecule has 1 aromatic carbocycles. The van der Waals surface area contributed by atoms with Gasteiger partial charge in [0.05, 0.1) is 0 Å². The molecule has 1 aromatic rings. The number of hydroxylamine groups is 1. The van der Waals surface area contributed by atoms with Crippen molar-refractivity contribution >= 4 is 5.91 Å². The van der Waals surface area contributed by atoms with Gasteiger partial charge in [-0.05, 0) is 43.1 Å². The monoisotopic (exact) mass is 206 g/mol. The zero-order valence-corrected chi connectivity index (χ0v) is 8.58. The fourth-order valence-electron chi connectivity index (χ4n) is 1.83. The number of amides is 1. The average Bonchev–Trinajstić information content (AvgIpc) is 2.17. The van der Waals surface area contributed by atoms with Crippen LogP contribution in [0.3, 0.4) is 0 Å². The van der Waals surface area contributed by atoms with E-state index >= 15 is 0 Å². The van der Waals surface area contributed by atoms with Crippen LogP contribution in [-0.2, 0) is 0 Å². The standard InChI is InChI=1S/C11H14N2O2/c1-7-6-8(11(14)13-15)2-3-9(7)10-4-5-12-10/h2-3,6,10,12,15H,4-5H2,1H3,(H,13,14). The first-order valence-corrected chi connectivity index (χ1v) is 5.00. The third-order valence-electron chi connectivity index (χ3n) is 2.83. The van der Waals surface area contributed by atoms with Crippen molar-refractivity contribution < 1.29 is 10.0 Å². The summed E-state index contributed by atoms with van der Waals surface area (Å²) in [6.07, 6.45) is 1.15. The second kappa shape index (κ2) is 4.00. The van der Waals surface area contributed by atoms with E-state index in [1.165, 1.54) is 5.56 Å². The molecule has 15 heavy (non-hydrogen) atoms. The highest BCUT2D eigenvalue weighted by molar-refractivity contribution is 5.93. The third-order valence-corrected chi connectivity index (χ3v) is 2.83. The Kier molecular flexibility index (Phi) is 2.70. The van der Waals surface area contributed by atoms with Crippen LogP contribution < -0.4 is 10.8 Å². The topological polar surface area (TPSA) is 61.4 Å². The molecule has 4 heteroatoms. The summed E-state index contributed by atoms with van der Waals surface area (Å²) in [5, 5.41) is 11.8. The minimum atomic E-state index is -0.466. The average molecular weight is 206 g/mol. The first kappa shape index (κ1) is 10.1. The number of rotatable bonds is 2. The van der Waals surface area contributed by atoms with Crippen molar-refractivity contribution in [1.82, 2.24) is 10.8 Å². The molecule has 0 aromatic heterocycles. The Hall–Kier alpha value is -1.39. The number of benzene rings is 1. The maximum atomic E-state index is 11.2. The molecule has 1 atom stereocenters. The maximum Gasteiger partial charge on any atom is 0.274 e. The van der Waals surface area contributed by atoms with Crippen molar-refractivity contribution in [1.29, 1.82) is 0 Å². The van der Waals surface area contributed by atoms with Crippen molar-refractivity contribution in [3.63, 3.8) is 0 Å². The van der Waals surface area contributed by atoms with E-state index < -0.39 is 5.91 Å². The fourth-order valence-corrected chi connectivity index (χ4v) is 1.83. The zero-order chi connectivity index (χ0) is 10.8. The minimum absolute atomic E-state index is 0.427. The van der Waals surface area contributed by atoms with Gasteiger partial charge in [0.1, 0.15) is 0 Å². The molecule has 2 rings (SSSR count). The molecule has 0 bridgehead atoms. The summed E-state index contributed by atoms with van der Waals surface area (Å²) in [5.74, 6) is -0.466. The van der Waals surface area contributed by atoms with Gasteiger partial charge < -0.3 is 5.32 Å². The Labute approximate surface area is 88.3 Å². The van der Waals surface area contributed by atoms with Crippen LogP contribution in [0.2, 0.25) is 0 Å². The van der Waals surface area contributed by atoms with Crippen molar-refractivity contribution in [3.05, 3.63) is 34.9 Å². The number of hydrogen-bond acceptors (Lipinski definition) is 3. The summed E-state index contributed by atoms with van der Waals surface area (Å²) in [7, 11) is 0. The van der Waals surface area contributed by atoms with Crippen LogP contribution >= 0.6 is 0 Å². The van der Waals surface area contributed by atoms with E-state index in [9.17, 15) is 4.79 Å². The SMILES string of the molecule is Cc1cc(C(=O)NO)ccc1C1CCN1. The van der Waals surface area contributed by atoms with E-state index in [-0.39, 0.29) is 0 Å². The Morgan fingerprint density at radius 2 is 2.33 bits per heavy atom. The summed E-state index contributed by atoms with van der Waals surface area (Å²) >= 11 is 0.